The molecule has 0 radical (unpaired) electrons. The predicted octanol–water partition coefficient (Wildman–Crippen LogP) is -0.235. The van der Waals surface area contributed by atoms with Gasteiger partial charge >= 0.3 is 0 Å². The van der Waals surface area contributed by atoms with Crippen molar-refractivity contribution in [2.24, 2.45) is 7.05 Å². The minimum atomic E-state index is -3.57. The summed E-state index contributed by atoms with van der Waals surface area (Å²) in [5.74, 6) is 0.0359. The number of nitrogens with zero attached hydrogens (tertiary/aromatic N) is 3. The molecule has 19 heavy (non-hydrogen) atoms. The lowest BCUT2D eigenvalue weighted by Gasteiger charge is -2.22. The lowest BCUT2D eigenvalue weighted by atomic mass is 10.2. The number of rotatable bonds is 5. The van der Waals surface area contributed by atoms with Gasteiger partial charge in [-0.25, -0.2) is 13.1 Å². The van der Waals surface area contributed by atoms with Crippen LogP contribution in [0, 0.1) is 0 Å². The standard InChI is InChI=1S/C11H21N5O2S/c1-3-16-6-4-5-9(16)7-13-19(17,18)10-8-15(2)14-11(10)12/h8-9,13H,3-7H2,1-2H3,(H2,12,14). The number of nitrogens with two attached hydrogens (primary N) is 1. The van der Waals surface area contributed by atoms with Gasteiger partial charge in [0, 0.05) is 25.8 Å². The molecule has 0 spiro atoms. The van der Waals surface area contributed by atoms with Gasteiger partial charge in [-0.05, 0) is 25.9 Å². The van der Waals surface area contributed by atoms with Crippen molar-refractivity contribution in [3.8, 4) is 0 Å². The van der Waals surface area contributed by atoms with Crippen molar-refractivity contribution in [2.45, 2.75) is 30.7 Å². The van der Waals surface area contributed by atoms with Crippen molar-refractivity contribution in [3.63, 3.8) is 0 Å². The molecule has 0 bridgehead atoms. The summed E-state index contributed by atoms with van der Waals surface area (Å²) in [4.78, 5) is 2.34. The number of nitrogens with one attached hydrogen (secondary N) is 1. The molecule has 7 nitrogen and oxygen atoms in total. The number of aromatic nitrogens is 2. The van der Waals surface area contributed by atoms with Crippen LogP contribution >= 0.6 is 0 Å². The predicted molar refractivity (Wildman–Crippen MR) is 73.1 cm³/mol. The Morgan fingerprint density at radius 2 is 2.32 bits per heavy atom. The zero-order valence-electron chi connectivity index (χ0n) is 11.3. The molecule has 2 rings (SSSR count). The average molecular weight is 287 g/mol. The summed E-state index contributed by atoms with van der Waals surface area (Å²) in [7, 11) is -1.93. The topological polar surface area (TPSA) is 93.2 Å². The van der Waals surface area contributed by atoms with Gasteiger partial charge < -0.3 is 5.73 Å². The number of sulfonamides is 1. The lowest BCUT2D eigenvalue weighted by Crippen LogP contribution is -2.40. The molecule has 1 unspecified atom stereocenters. The average Bonchev–Trinajstić information content (AvgIpc) is 2.93. The first-order valence-corrected chi connectivity index (χ1v) is 7.95. The second kappa shape index (κ2) is 5.48. The fraction of sp³-hybridized carbons (Fsp3) is 0.727. The minimum Gasteiger partial charge on any atom is -0.381 e. The van der Waals surface area contributed by atoms with Crippen LogP contribution in [0.4, 0.5) is 5.82 Å². The third-order valence-corrected chi connectivity index (χ3v) is 4.97. The van der Waals surface area contributed by atoms with Gasteiger partial charge in [-0.3, -0.25) is 9.58 Å². The fourth-order valence-electron chi connectivity index (χ4n) is 2.52. The van der Waals surface area contributed by atoms with Crippen LogP contribution in [0.25, 0.3) is 0 Å². The number of nitrogen functional groups attached to an aromatic ring is 1. The van der Waals surface area contributed by atoms with E-state index >= 15 is 0 Å². The van der Waals surface area contributed by atoms with Gasteiger partial charge in [-0.1, -0.05) is 6.92 Å². The maximum absolute atomic E-state index is 12.2. The molecule has 3 N–H and O–H groups in total. The molecule has 1 aromatic rings. The Hall–Kier alpha value is -1.12. The van der Waals surface area contributed by atoms with Gasteiger partial charge in [0.2, 0.25) is 10.0 Å². The molecule has 0 saturated carbocycles. The zero-order chi connectivity index (χ0) is 14.0. The van der Waals surface area contributed by atoms with E-state index in [1.54, 1.807) is 7.05 Å². The quantitative estimate of drug-likeness (QED) is 0.780. The van der Waals surface area contributed by atoms with E-state index < -0.39 is 10.0 Å². The summed E-state index contributed by atoms with van der Waals surface area (Å²) in [6, 6.07) is 0.276. The molecule has 8 heteroatoms. The summed E-state index contributed by atoms with van der Waals surface area (Å²) in [6.45, 7) is 4.50. The number of hydrogen-bond donors (Lipinski definition) is 2. The number of likely N-dealkylation sites (tertiary alicyclic amines) is 1. The van der Waals surface area contributed by atoms with Crippen LogP contribution in [0.2, 0.25) is 0 Å². The van der Waals surface area contributed by atoms with Crippen LogP contribution in [-0.4, -0.2) is 48.8 Å². The van der Waals surface area contributed by atoms with Crippen LogP contribution in [-0.2, 0) is 17.1 Å². The maximum Gasteiger partial charge on any atom is 0.245 e. The van der Waals surface area contributed by atoms with E-state index in [9.17, 15) is 8.42 Å². The monoisotopic (exact) mass is 287 g/mol. The van der Waals surface area contributed by atoms with Crippen molar-refractivity contribution in [1.29, 1.82) is 0 Å². The number of likely N-dealkylation sites (N-methyl/N-ethyl adjacent to an activating group) is 1. The summed E-state index contributed by atoms with van der Waals surface area (Å²) >= 11 is 0. The first-order chi connectivity index (χ1) is 8.94. The van der Waals surface area contributed by atoms with Crippen molar-refractivity contribution in [2.75, 3.05) is 25.4 Å². The van der Waals surface area contributed by atoms with Gasteiger partial charge in [0.05, 0.1) is 0 Å². The highest BCUT2D eigenvalue weighted by atomic mass is 32.2. The van der Waals surface area contributed by atoms with Crippen molar-refractivity contribution in [3.05, 3.63) is 6.20 Å². The molecule has 1 saturated heterocycles. The SMILES string of the molecule is CCN1CCCC1CNS(=O)(=O)c1cn(C)nc1N. The highest BCUT2D eigenvalue weighted by Gasteiger charge is 2.26. The van der Waals surface area contributed by atoms with Crippen LogP contribution < -0.4 is 10.5 Å². The fourth-order valence-corrected chi connectivity index (χ4v) is 3.69. The molecule has 1 fully saturated rings. The van der Waals surface area contributed by atoms with E-state index in [0.717, 1.165) is 25.9 Å². The first kappa shape index (κ1) is 14.3. The lowest BCUT2D eigenvalue weighted by molar-refractivity contribution is 0.268. The normalized spacial score (nSPS) is 21.1. The maximum atomic E-state index is 12.2. The van der Waals surface area contributed by atoms with E-state index in [-0.39, 0.29) is 16.8 Å². The second-order valence-corrected chi connectivity index (χ2v) is 6.56. The van der Waals surface area contributed by atoms with Gasteiger partial charge in [0.1, 0.15) is 4.90 Å². The van der Waals surface area contributed by atoms with Crippen LogP contribution in [0.1, 0.15) is 19.8 Å². The van der Waals surface area contributed by atoms with Gasteiger partial charge in [0.15, 0.2) is 5.82 Å². The van der Waals surface area contributed by atoms with Crippen molar-refractivity contribution in [1.82, 2.24) is 19.4 Å². The molecule has 0 amide bonds. The molecule has 0 aromatic carbocycles. The molecule has 108 valence electrons. The van der Waals surface area contributed by atoms with E-state index in [0.29, 0.717) is 6.54 Å². The molecular weight excluding hydrogens is 266 g/mol. The summed E-state index contributed by atoms with van der Waals surface area (Å²) in [6.07, 6.45) is 3.57. The highest BCUT2D eigenvalue weighted by molar-refractivity contribution is 7.89. The Morgan fingerprint density at radius 3 is 2.89 bits per heavy atom. The Labute approximate surface area is 113 Å². The summed E-state index contributed by atoms with van der Waals surface area (Å²) < 4.78 is 28.3. The summed E-state index contributed by atoms with van der Waals surface area (Å²) in [5.41, 5.74) is 5.60. The molecule has 0 aliphatic carbocycles. The molecule has 1 aliphatic rings. The summed E-state index contributed by atoms with van der Waals surface area (Å²) in [5, 5.41) is 3.85. The van der Waals surface area contributed by atoms with E-state index in [1.165, 1.54) is 10.9 Å². The number of anilines is 1. The Balaban J connectivity index is 2.04. The van der Waals surface area contributed by atoms with Crippen LogP contribution in [0.3, 0.4) is 0 Å². The van der Waals surface area contributed by atoms with Gasteiger partial charge in [-0.15, -0.1) is 0 Å². The highest BCUT2D eigenvalue weighted by Crippen LogP contribution is 2.18. The largest absolute Gasteiger partial charge is 0.381 e. The number of aryl methyl sites for hydroxylation is 1. The van der Waals surface area contributed by atoms with Crippen LogP contribution in [0.5, 0.6) is 0 Å². The van der Waals surface area contributed by atoms with E-state index in [1.807, 2.05) is 0 Å². The molecular formula is C11H21N5O2S. The van der Waals surface area contributed by atoms with Crippen LogP contribution in [0.15, 0.2) is 11.1 Å². The third-order valence-electron chi connectivity index (χ3n) is 3.53. The van der Waals surface area contributed by atoms with E-state index in [4.69, 9.17) is 5.73 Å². The molecule has 2 heterocycles. The van der Waals surface area contributed by atoms with E-state index in [2.05, 4.69) is 21.6 Å². The molecule has 1 aromatic heterocycles. The first-order valence-electron chi connectivity index (χ1n) is 6.47. The Kier molecular flexibility index (Phi) is 4.12. The zero-order valence-corrected chi connectivity index (χ0v) is 12.2. The Bertz CT molecular complexity index is 539. The second-order valence-electron chi connectivity index (χ2n) is 4.83. The number of hydrogen-bond acceptors (Lipinski definition) is 5. The van der Waals surface area contributed by atoms with Crippen molar-refractivity contribution >= 4 is 15.8 Å². The molecule has 1 aliphatic heterocycles. The van der Waals surface area contributed by atoms with Gasteiger partial charge in [-0.2, -0.15) is 5.10 Å². The van der Waals surface area contributed by atoms with Crippen molar-refractivity contribution < 1.29 is 8.42 Å². The smallest absolute Gasteiger partial charge is 0.245 e. The Morgan fingerprint density at radius 1 is 1.58 bits per heavy atom. The minimum absolute atomic E-state index is 0.0359. The van der Waals surface area contributed by atoms with Gasteiger partial charge in [0.25, 0.3) is 0 Å². The molecule has 1 atom stereocenters. The third kappa shape index (κ3) is 3.07.